The fourth-order valence-corrected chi connectivity index (χ4v) is 2.12. The van der Waals surface area contributed by atoms with Gasteiger partial charge in [-0.1, -0.05) is 110 Å². The van der Waals surface area contributed by atoms with Crippen LogP contribution in [0.25, 0.3) is 22.3 Å². The second-order valence-electron chi connectivity index (χ2n) is 4.78. The van der Waals surface area contributed by atoms with Gasteiger partial charge in [0.1, 0.15) is 0 Å². The lowest BCUT2D eigenvalue weighted by Crippen LogP contribution is -1.79. The quantitative estimate of drug-likeness (QED) is 0.489. The minimum absolute atomic E-state index is 1.26. The Hall–Kier alpha value is -2.86. The summed E-state index contributed by atoms with van der Waals surface area (Å²) in [5.41, 5.74) is 5.04. The maximum atomic E-state index is 3.36. The van der Waals surface area contributed by atoms with Gasteiger partial charge in [-0.25, -0.2) is 0 Å². The van der Waals surface area contributed by atoms with Crippen molar-refractivity contribution in [2.75, 3.05) is 0 Å². The van der Waals surface area contributed by atoms with Crippen LogP contribution in [0.1, 0.15) is 0 Å². The molecule has 0 spiro atoms. The Morgan fingerprint density at radius 2 is 0.682 bits per heavy atom. The zero-order valence-corrected chi connectivity index (χ0v) is 12.7. The molecule has 22 heavy (non-hydrogen) atoms. The summed E-state index contributed by atoms with van der Waals surface area (Å²) in [7, 11) is 0. The summed E-state index contributed by atoms with van der Waals surface area (Å²) in [5.74, 6) is 0. The van der Waals surface area contributed by atoms with E-state index >= 15 is 0 Å². The minimum atomic E-state index is 1.26. The molecule has 0 saturated carbocycles. The van der Waals surface area contributed by atoms with Crippen molar-refractivity contribution in [3.63, 3.8) is 0 Å². The predicted molar refractivity (Wildman–Crippen MR) is 97.7 cm³/mol. The lowest BCUT2D eigenvalue weighted by Gasteiger charge is -2.04. The number of benzene rings is 3. The van der Waals surface area contributed by atoms with Crippen molar-refractivity contribution in [1.29, 1.82) is 0 Å². The zero-order valence-electron chi connectivity index (χ0n) is 12.7. The van der Waals surface area contributed by atoms with Gasteiger partial charge in [0.2, 0.25) is 0 Å². The molecular weight excluding hydrogens is 264 g/mol. The van der Waals surface area contributed by atoms with Gasteiger partial charge < -0.3 is 0 Å². The fourth-order valence-electron chi connectivity index (χ4n) is 2.12. The Balaban J connectivity index is 0.000000396. The van der Waals surface area contributed by atoms with Gasteiger partial charge >= 0.3 is 0 Å². The second-order valence-corrected chi connectivity index (χ2v) is 4.78. The maximum absolute atomic E-state index is 3.36. The second kappa shape index (κ2) is 8.43. The highest BCUT2D eigenvalue weighted by Gasteiger charge is 1.98. The molecule has 108 valence electrons. The molecule has 0 heteroatoms. The molecule has 0 atom stereocenters. The molecule has 0 amide bonds. The van der Waals surface area contributed by atoms with Crippen LogP contribution in [0.3, 0.4) is 0 Å². The molecule has 0 aromatic heterocycles. The zero-order chi connectivity index (χ0) is 15.6. The van der Waals surface area contributed by atoms with E-state index in [0.717, 1.165) is 0 Å². The lowest BCUT2D eigenvalue weighted by molar-refractivity contribution is 1.59. The first-order valence-corrected chi connectivity index (χ1v) is 7.29. The van der Waals surface area contributed by atoms with Crippen LogP contribution < -0.4 is 0 Å². The van der Waals surface area contributed by atoms with E-state index < -0.39 is 0 Å². The number of hydrogen-bond donors (Lipinski definition) is 0. The highest BCUT2D eigenvalue weighted by Crippen LogP contribution is 2.24. The van der Waals surface area contributed by atoms with Gasteiger partial charge in [0.25, 0.3) is 0 Å². The minimum Gasteiger partial charge on any atom is -0.0991 e. The first kappa shape index (κ1) is 15.5. The van der Waals surface area contributed by atoms with Crippen molar-refractivity contribution in [2.45, 2.75) is 0 Å². The van der Waals surface area contributed by atoms with Crippen LogP contribution in [0.2, 0.25) is 0 Å². The summed E-state index contributed by atoms with van der Waals surface area (Å²) in [5, 5.41) is 0. The van der Waals surface area contributed by atoms with E-state index in [1.165, 1.54) is 22.3 Å². The molecule has 3 rings (SSSR count). The van der Waals surface area contributed by atoms with Gasteiger partial charge in [0.05, 0.1) is 0 Å². The molecule has 0 aliphatic carbocycles. The average molecular weight is 284 g/mol. The first-order chi connectivity index (χ1) is 10.8. The molecule has 0 bridgehead atoms. The molecule has 0 fully saturated rings. The van der Waals surface area contributed by atoms with Crippen molar-refractivity contribution in [3.05, 3.63) is 110 Å². The van der Waals surface area contributed by atoms with E-state index in [2.05, 4.69) is 86.0 Å². The SMILES string of the molecule is C=CC=C.c1ccc(-c2ccc(-c3ccccc3)cc2)cc1. The topological polar surface area (TPSA) is 0 Å². The van der Waals surface area contributed by atoms with Crippen LogP contribution in [-0.4, -0.2) is 0 Å². The third-order valence-corrected chi connectivity index (χ3v) is 3.27. The summed E-state index contributed by atoms with van der Waals surface area (Å²) < 4.78 is 0. The van der Waals surface area contributed by atoms with Crippen molar-refractivity contribution in [1.82, 2.24) is 0 Å². The summed E-state index contributed by atoms with van der Waals surface area (Å²) >= 11 is 0. The smallest absolute Gasteiger partial charge is 0.0184 e. The Bertz CT molecular complexity index is 628. The number of rotatable bonds is 3. The van der Waals surface area contributed by atoms with Crippen LogP contribution in [0, 0.1) is 0 Å². The molecule has 3 aromatic carbocycles. The van der Waals surface area contributed by atoms with Crippen LogP contribution in [-0.2, 0) is 0 Å². The summed E-state index contributed by atoms with van der Waals surface area (Å²) in [6.07, 6.45) is 3.28. The van der Waals surface area contributed by atoms with Crippen LogP contribution >= 0.6 is 0 Å². The molecule has 0 nitrogen and oxygen atoms in total. The van der Waals surface area contributed by atoms with E-state index in [0.29, 0.717) is 0 Å². The summed E-state index contributed by atoms with van der Waals surface area (Å²) in [6, 6.07) is 29.6. The van der Waals surface area contributed by atoms with Crippen LogP contribution in [0.5, 0.6) is 0 Å². The van der Waals surface area contributed by atoms with Crippen molar-refractivity contribution in [2.24, 2.45) is 0 Å². The third-order valence-electron chi connectivity index (χ3n) is 3.27. The van der Waals surface area contributed by atoms with Crippen molar-refractivity contribution in [3.8, 4) is 22.3 Å². The van der Waals surface area contributed by atoms with E-state index in [9.17, 15) is 0 Å². The van der Waals surface area contributed by atoms with Crippen LogP contribution in [0.4, 0.5) is 0 Å². The normalized spacial score (nSPS) is 9.27. The first-order valence-electron chi connectivity index (χ1n) is 7.29. The number of allylic oxidation sites excluding steroid dienone is 2. The van der Waals surface area contributed by atoms with Gasteiger partial charge in [0, 0.05) is 0 Å². The standard InChI is InChI=1S/C18H14.C4H6/c1-3-7-15(8-4-1)17-11-13-18(14-12-17)16-9-5-2-6-10-16;1-3-4-2/h1-14H;3-4H,1-2H2. The lowest BCUT2D eigenvalue weighted by atomic mass is 10.0. The Morgan fingerprint density at radius 3 is 0.955 bits per heavy atom. The largest absolute Gasteiger partial charge is 0.0991 e. The Labute approximate surface area is 133 Å². The summed E-state index contributed by atoms with van der Waals surface area (Å²) in [4.78, 5) is 0. The highest BCUT2D eigenvalue weighted by molar-refractivity contribution is 5.70. The van der Waals surface area contributed by atoms with Gasteiger partial charge in [-0.15, -0.1) is 0 Å². The molecule has 0 unspecified atom stereocenters. The monoisotopic (exact) mass is 284 g/mol. The molecule has 0 aliphatic rings. The highest BCUT2D eigenvalue weighted by atomic mass is 14.0. The predicted octanol–water partition coefficient (Wildman–Crippen LogP) is 6.38. The van der Waals surface area contributed by atoms with Gasteiger partial charge in [0.15, 0.2) is 0 Å². The molecule has 0 saturated heterocycles. The van der Waals surface area contributed by atoms with Gasteiger partial charge in [-0.2, -0.15) is 0 Å². The van der Waals surface area contributed by atoms with Crippen molar-refractivity contribution >= 4 is 0 Å². The van der Waals surface area contributed by atoms with Crippen LogP contribution in [0.15, 0.2) is 110 Å². The molecule has 0 N–H and O–H groups in total. The fraction of sp³-hybridized carbons (Fsp3) is 0. The van der Waals surface area contributed by atoms with E-state index in [4.69, 9.17) is 0 Å². The van der Waals surface area contributed by atoms with Gasteiger partial charge in [-0.3, -0.25) is 0 Å². The molecule has 3 aromatic rings. The van der Waals surface area contributed by atoms with E-state index in [-0.39, 0.29) is 0 Å². The number of hydrogen-bond acceptors (Lipinski definition) is 0. The van der Waals surface area contributed by atoms with E-state index in [1.54, 1.807) is 12.2 Å². The molecular formula is C22H20. The van der Waals surface area contributed by atoms with Crippen molar-refractivity contribution < 1.29 is 0 Å². The average Bonchev–Trinajstić information content (AvgIpc) is 2.63. The Kier molecular flexibility index (Phi) is 5.95. The molecule has 0 heterocycles. The summed E-state index contributed by atoms with van der Waals surface area (Å²) in [6.45, 7) is 6.72. The van der Waals surface area contributed by atoms with Gasteiger partial charge in [-0.05, 0) is 22.3 Å². The maximum Gasteiger partial charge on any atom is -0.0184 e. The van der Waals surface area contributed by atoms with E-state index in [1.807, 2.05) is 12.1 Å². The third kappa shape index (κ3) is 4.32. The Morgan fingerprint density at radius 1 is 0.409 bits per heavy atom. The molecule has 0 aliphatic heterocycles. The molecule has 0 radical (unpaired) electrons.